The van der Waals surface area contributed by atoms with Gasteiger partial charge in [-0.2, -0.15) is 0 Å². The van der Waals surface area contributed by atoms with Crippen LogP contribution in [-0.4, -0.2) is 51.4 Å². The number of sulfonamides is 1. The van der Waals surface area contributed by atoms with Crippen LogP contribution in [-0.2, 0) is 29.4 Å². The monoisotopic (exact) mass is 537 g/mol. The first-order valence-electron chi connectivity index (χ1n) is 8.76. The number of guanidine groups is 1. The van der Waals surface area contributed by atoms with Crippen molar-refractivity contribution in [3.63, 3.8) is 0 Å². The van der Waals surface area contributed by atoms with Gasteiger partial charge >= 0.3 is 0 Å². The van der Waals surface area contributed by atoms with Crippen molar-refractivity contribution in [2.24, 2.45) is 4.99 Å². The largest absolute Gasteiger partial charge is 0.356 e. The molecule has 0 aliphatic heterocycles. The van der Waals surface area contributed by atoms with Crippen LogP contribution in [0.4, 0.5) is 0 Å². The predicted octanol–water partition coefficient (Wildman–Crippen LogP) is 2.48. The molecule has 156 valence electrons. The molecule has 0 spiro atoms. The first-order chi connectivity index (χ1) is 12.9. The van der Waals surface area contributed by atoms with E-state index in [2.05, 4.69) is 27.5 Å². The highest BCUT2D eigenvalue weighted by atomic mass is 127. The van der Waals surface area contributed by atoms with Crippen molar-refractivity contribution in [2.45, 2.75) is 31.2 Å². The first kappa shape index (κ1) is 24.8. The number of aromatic nitrogens is 1. The number of nitrogens with one attached hydrogen (secondary N) is 2. The summed E-state index contributed by atoms with van der Waals surface area (Å²) in [6.07, 6.45) is 3.80. The van der Waals surface area contributed by atoms with Gasteiger partial charge in [0.2, 0.25) is 10.0 Å². The Morgan fingerprint density at radius 1 is 1.21 bits per heavy atom. The summed E-state index contributed by atoms with van der Waals surface area (Å²) in [5.41, 5.74) is 0.975. The first-order valence-corrected chi connectivity index (χ1v) is 11.0. The highest BCUT2D eigenvalue weighted by Gasteiger charge is 2.16. The van der Waals surface area contributed by atoms with Gasteiger partial charge < -0.3 is 10.6 Å². The molecule has 0 saturated carbocycles. The standard InChI is InChI=1S/C18H27N5O2S2.HI/c1-5-15-13-21-17(26-15)10-11-20-18(19-2)22-12-14-6-8-16(9-7-14)27(24,25)23(3)4;/h6-9,13H,5,10-12H2,1-4H3,(H2,19,20,22);1H. The van der Waals surface area contributed by atoms with Crippen LogP contribution < -0.4 is 10.6 Å². The normalized spacial score (nSPS) is 12.0. The molecule has 0 bridgehead atoms. The Balaban J connectivity index is 0.00000392. The van der Waals surface area contributed by atoms with E-state index >= 15 is 0 Å². The molecule has 2 N–H and O–H groups in total. The van der Waals surface area contributed by atoms with E-state index in [4.69, 9.17) is 0 Å². The summed E-state index contributed by atoms with van der Waals surface area (Å²) in [5, 5.41) is 7.62. The number of halogens is 1. The minimum Gasteiger partial charge on any atom is -0.356 e. The smallest absolute Gasteiger partial charge is 0.242 e. The van der Waals surface area contributed by atoms with E-state index in [1.54, 1.807) is 42.6 Å². The van der Waals surface area contributed by atoms with Crippen molar-refractivity contribution >= 4 is 51.3 Å². The van der Waals surface area contributed by atoms with Crippen molar-refractivity contribution < 1.29 is 8.42 Å². The van der Waals surface area contributed by atoms with Gasteiger partial charge in [-0.1, -0.05) is 19.1 Å². The van der Waals surface area contributed by atoms with Crippen molar-refractivity contribution in [1.82, 2.24) is 19.9 Å². The predicted molar refractivity (Wildman–Crippen MR) is 126 cm³/mol. The molecule has 2 aromatic rings. The Kier molecular flexibility index (Phi) is 10.4. The van der Waals surface area contributed by atoms with E-state index < -0.39 is 10.0 Å². The van der Waals surface area contributed by atoms with Gasteiger partial charge in [0.05, 0.1) is 9.90 Å². The Morgan fingerprint density at radius 2 is 1.89 bits per heavy atom. The Hall–Kier alpha value is -1.24. The zero-order valence-electron chi connectivity index (χ0n) is 16.6. The molecule has 0 aliphatic rings. The summed E-state index contributed by atoms with van der Waals surface area (Å²) in [6.45, 7) is 3.43. The molecule has 0 aliphatic carbocycles. The van der Waals surface area contributed by atoms with Gasteiger partial charge in [0.1, 0.15) is 0 Å². The number of hydrogen-bond acceptors (Lipinski definition) is 5. The molecular weight excluding hydrogens is 509 g/mol. The van der Waals surface area contributed by atoms with Gasteiger partial charge in [-0.25, -0.2) is 17.7 Å². The van der Waals surface area contributed by atoms with Crippen molar-refractivity contribution in [3.8, 4) is 0 Å². The zero-order valence-corrected chi connectivity index (χ0v) is 20.6. The fourth-order valence-corrected chi connectivity index (χ4v) is 4.07. The number of aliphatic imine (C=N–C) groups is 1. The van der Waals surface area contributed by atoms with Crippen LogP contribution >= 0.6 is 35.3 Å². The molecule has 0 amide bonds. The number of thiazole rings is 1. The maximum absolute atomic E-state index is 12.1. The maximum Gasteiger partial charge on any atom is 0.242 e. The molecule has 2 rings (SSSR count). The van der Waals surface area contributed by atoms with Crippen LogP contribution in [0.25, 0.3) is 0 Å². The average Bonchev–Trinajstić information content (AvgIpc) is 3.12. The van der Waals surface area contributed by atoms with Crippen molar-refractivity contribution in [2.75, 3.05) is 27.7 Å². The van der Waals surface area contributed by atoms with Gasteiger partial charge in [-0.05, 0) is 24.1 Å². The van der Waals surface area contributed by atoms with Crippen LogP contribution in [0.5, 0.6) is 0 Å². The third kappa shape index (κ3) is 6.98. The molecule has 1 aromatic heterocycles. The van der Waals surface area contributed by atoms with Gasteiger partial charge in [0.15, 0.2) is 5.96 Å². The summed E-state index contributed by atoms with van der Waals surface area (Å²) >= 11 is 1.74. The molecule has 7 nitrogen and oxygen atoms in total. The lowest BCUT2D eigenvalue weighted by Gasteiger charge is -2.13. The van der Waals surface area contributed by atoms with Gasteiger partial charge in [0, 0.05) is 51.7 Å². The lowest BCUT2D eigenvalue weighted by molar-refractivity contribution is 0.520. The van der Waals surface area contributed by atoms with Crippen molar-refractivity contribution in [3.05, 3.63) is 45.9 Å². The molecule has 0 unspecified atom stereocenters. The van der Waals surface area contributed by atoms with Gasteiger partial charge in [-0.15, -0.1) is 35.3 Å². The molecular formula is C18H28IN5O2S2. The van der Waals surface area contributed by atoms with E-state index in [1.165, 1.54) is 23.3 Å². The average molecular weight is 537 g/mol. The number of benzene rings is 1. The second-order valence-corrected chi connectivity index (χ2v) is 9.46. The zero-order chi connectivity index (χ0) is 19.9. The quantitative estimate of drug-likeness (QED) is 0.307. The summed E-state index contributed by atoms with van der Waals surface area (Å²) in [7, 11) is 1.37. The minimum absolute atomic E-state index is 0. The van der Waals surface area contributed by atoms with E-state index in [-0.39, 0.29) is 28.9 Å². The SMILES string of the molecule is CCc1cnc(CCNC(=NC)NCc2ccc(S(=O)(=O)N(C)C)cc2)s1.I. The van der Waals surface area contributed by atoms with Crippen molar-refractivity contribution in [1.29, 1.82) is 0 Å². The van der Waals surface area contributed by atoms with Crippen LogP contribution in [0, 0.1) is 0 Å². The Morgan fingerprint density at radius 3 is 2.43 bits per heavy atom. The fourth-order valence-electron chi connectivity index (χ4n) is 2.31. The number of hydrogen-bond donors (Lipinski definition) is 2. The van der Waals surface area contributed by atoms with Crippen LogP contribution in [0.2, 0.25) is 0 Å². The summed E-state index contributed by atoms with van der Waals surface area (Å²) < 4.78 is 25.4. The number of aryl methyl sites for hydroxylation is 1. The Bertz CT molecular complexity index is 864. The fraction of sp³-hybridized carbons (Fsp3) is 0.444. The highest BCUT2D eigenvalue weighted by Crippen LogP contribution is 2.14. The molecule has 28 heavy (non-hydrogen) atoms. The maximum atomic E-state index is 12.1. The second kappa shape index (κ2) is 11.7. The topological polar surface area (TPSA) is 86.7 Å². The molecule has 0 fully saturated rings. The molecule has 0 atom stereocenters. The number of nitrogens with zero attached hydrogens (tertiary/aromatic N) is 3. The summed E-state index contributed by atoms with van der Waals surface area (Å²) in [5.74, 6) is 0.701. The van der Waals surface area contributed by atoms with E-state index in [0.717, 1.165) is 30.0 Å². The summed E-state index contributed by atoms with van der Waals surface area (Å²) in [6, 6.07) is 6.85. The van der Waals surface area contributed by atoms with E-state index in [0.29, 0.717) is 12.5 Å². The minimum atomic E-state index is -3.40. The second-order valence-electron chi connectivity index (χ2n) is 6.11. The van der Waals surface area contributed by atoms with Crippen LogP contribution in [0.15, 0.2) is 40.4 Å². The van der Waals surface area contributed by atoms with Crippen LogP contribution in [0.1, 0.15) is 22.4 Å². The third-order valence-corrected chi connectivity index (χ3v) is 7.00. The molecule has 0 saturated heterocycles. The Labute approximate surface area is 188 Å². The molecule has 1 aromatic carbocycles. The lowest BCUT2D eigenvalue weighted by Crippen LogP contribution is -2.37. The van der Waals surface area contributed by atoms with Gasteiger partial charge in [-0.3, -0.25) is 4.99 Å². The lowest BCUT2D eigenvalue weighted by atomic mass is 10.2. The molecule has 0 radical (unpaired) electrons. The van der Waals surface area contributed by atoms with E-state index in [1.807, 2.05) is 6.20 Å². The van der Waals surface area contributed by atoms with Gasteiger partial charge in [0.25, 0.3) is 0 Å². The third-order valence-electron chi connectivity index (χ3n) is 3.97. The number of rotatable bonds is 8. The molecule has 10 heteroatoms. The summed E-state index contributed by atoms with van der Waals surface area (Å²) in [4.78, 5) is 10.2. The molecule has 1 heterocycles. The van der Waals surface area contributed by atoms with E-state index in [9.17, 15) is 8.42 Å². The van der Waals surface area contributed by atoms with Crippen LogP contribution in [0.3, 0.4) is 0 Å². The highest BCUT2D eigenvalue weighted by molar-refractivity contribution is 14.0.